The van der Waals surface area contributed by atoms with Crippen LogP contribution in [-0.2, 0) is 4.79 Å². The average molecular weight is 477 g/mol. The van der Waals surface area contributed by atoms with Crippen molar-refractivity contribution >= 4 is 35.0 Å². The largest absolute Gasteiger partial charge is 0.497 e. The van der Waals surface area contributed by atoms with Crippen LogP contribution in [0.15, 0.2) is 36.4 Å². The van der Waals surface area contributed by atoms with Gasteiger partial charge in [-0.2, -0.15) is 0 Å². The van der Waals surface area contributed by atoms with Crippen LogP contribution < -0.4 is 9.47 Å². The average Bonchev–Trinajstić information content (AvgIpc) is 3.48. The first-order chi connectivity index (χ1) is 15.4. The molecule has 0 aromatic heterocycles. The van der Waals surface area contributed by atoms with Crippen molar-refractivity contribution in [3.63, 3.8) is 0 Å². The standard InChI is InChI=1S/C24H26Cl2N2O4/c1-31-16-6-8-17(22(12-16)32-2)19-13-28(14-20(19)24(30)27-9-3-4-10-27)23(29)18-7-5-15(25)11-21(18)26/h5-8,11-12,19-20H,3-4,9-10,13-14H2,1-2H3/t19-,20-/m0/s1. The van der Waals surface area contributed by atoms with Crippen molar-refractivity contribution in [2.75, 3.05) is 40.4 Å². The molecule has 0 aliphatic carbocycles. The van der Waals surface area contributed by atoms with Crippen molar-refractivity contribution in [1.82, 2.24) is 9.80 Å². The number of ether oxygens (including phenoxy) is 2. The van der Waals surface area contributed by atoms with Gasteiger partial charge in [-0.15, -0.1) is 0 Å². The zero-order valence-electron chi connectivity index (χ0n) is 18.1. The van der Waals surface area contributed by atoms with Gasteiger partial charge in [-0.25, -0.2) is 0 Å². The van der Waals surface area contributed by atoms with Crippen LogP contribution in [-0.4, -0.2) is 62.0 Å². The minimum Gasteiger partial charge on any atom is -0.497 e. The molecule has 0 saturated carbocycles. The van der Waals surface area contributed by atoms with E-state index in [0.29, 0.717) is 40.2 Å². The SMILES string of the molecule is COc1ccc([C@@H]2CN(C(=O)c3ccc(Cl)cc3Cl)C[C@@H]2C(=O)N2CCCC2)c(OC)c1. The van der Waals surface area contributed by atoms with Gasteiger partial charge in [0, 0.05) is 48.7 Å². The summed E-state index contributed by atoms with van der Waals surface area (Å²) < 4.78 is 10.9. The van der Waals surface area contributed by atoms with Crippen LogP contribution in [0.4, 0.5) is 0 Å². The molecular weight excluding hydrogens is 451 g/mol. The van der Waals surface area contributed by atoms with E-state index in [1.54, 1.807) is 37.3 Å². The molecule has 2 aliphatic rings. The van der Waals surface area contributed by atoms with Gasteiger partial charge >= 0.3 is 0 Å². The summed E-state index contributed by atoms with van der Waals surface area (Å²) >= 11 is 12.3. The van der Waals surface area contributed by atoms with Gasteiger partial charge < -0.3 is 19.3 Å². The van der Waals surface area contributed by atoms with E-state index in [4.69, 9.17) is 32.7 Å². The molecule has 2 aliphatic heterocycles. The number of amides is 2. The van der Waals surface area contributed by atoms with E-state index in [0.717, 1.165) is 31.5 Å². The van der Waals surface area contributed by atoms with Gasteiger partial charge in [-0.1, -0.05) is 29.3 Å². The number of carbonyl (C=O) groups is 2. The lowest BCUT2D eigenvalue weighted by molar-refractivity contribution is -0.134. The minimum absolute atomic E-state index is 0.0860. The van der Waals surface area contributed by atoms with Crippen molar-refractivity contribution < 1.29 is 19.1 Å². The molecular formula is C24H26Cl2N2O4. The van der Waals surface area contributed by atoms with Gasteiger partial charge in [-0.3, -0.25) is 9.59 Å². The monoisotopic (exact) mass is 476 g/mol. The number of likely N-dealkylation sites (tertiary alicyclic amines) is 2. The fourth-order valence-corrected chi connectivity index (χ4v) is 5.15. The van der Waals surface area contributed by atoms with Crippen molar-refractivity contribution in [3.8, 4) is 11.5 Å². The Balaban J connectivity index is 1.68. The van der Waals surface area contributed by atoms with Gasteiger partial charge in [0.15, 0.2) is 0 Å². The van der Waals surface area contributed by atoms with Gasteiger partial charge in [0.2, 0.25) is 5.91 Å². The molecule has 6 nitrogen and oxygen atoms in total. The summed E-state index contributed by atoms with van der Waals surface area (Å²) in [6.07, 6.45) is 2.02. The molecule has 32 heavy (non-hydrogen) atoms. The quantitative estimate of drug-likeness (QED) is 0.637. The van der Waals surface area contributed by atoms with E-state index in [2.05, 4.69) is 0 Å². The molecule has 0 unspecified atom stereocenters. The number of nitrogens with zero attached hydrogens (tertiary/aromatic N) is 2. The summed E-state index contributed by atoms with van der Waals surface area (Å²) in [4.78, 5) is 30.4. The van der Waals surface area contributed by atoms with E-state index >= 15 is 0 Å². The van der Waals surface area contributed by atoms with Gasteiger partial charge in [-0.05, 0) is 37.1 Å². The number of hydrogen-bond donors (Lipinski definition) is 0. The maximum Gasteiger partial charge on any atom is 0.255 e. The van der Waals surface area contributed by atoms with Gasteiger partial charge in [0.1, 0.15) is 11.5 Å². The van der Waals surface area contributed by atoms with E-state index in [9.17, 15) is 9.59 Å². The summed E-state index contributed by atoms with van der Waals surface area (Å²) in [7, 11) is 3.20. The number of hydrogen-bond acceptors (Lipinski definition) is 4. The summed E-state index contributed by atoms with van der Waals surface area (Å²) in [5, 5.41) is 0.770. The highest BCUT2D eigenvalue weighted by atomic mass is 35.5. The lowest BCUT2D eigenvalue weighted by Gasteiger charge is -2.25. The molecule has 2 aromatic rings. The summed E-state index contributed by atoms with van der Waals surface area (Å²) in [6.45, 7) is 2.25. The van der Waals surface area contributed by atoms with Crippen LogP contribution in [0.5, 0.6) is 11.5 Å². The molecule has 170 valence electrons. The highest BCUT2D eigenvalue weighted by Gasteiger charge is 2.43. The number of halogens is 2. The molecule has 2 heterocycles. The first-order valence-corrected chi connectivity index (χ1v) is 11.4. The Morgan fingerprint density at radius 3 is 2.34 bits per heavy atom. The predicted octanol–water partition coefficient (Wildman–Crippen LogP) is 4.49. The number of methoxy groups -OCH3 is 2. The van der Waals surface area contributed by atoms with E-state index in [1.807, 2.05) is 23.1 Å². The minimum atomic E-state index is -0.356. The lowest BCUT2D eigenvalue weighted by Crippen LogP contribution is -2.37. The highest BCUT2D eigenvalue weighted by molar-refractivity contribution is 6.36. The molecule has 4 rings (SSSR count). The fourth-order valence-electron chi connectivity index (χ4n) is 4.67. The third-order valence-corrected chi connectivity index (χ3v) is 6.89. The third kappa shape index (κ3) is 4.39. The van der Waals surface area contributed by atoms with E-state index < -0.39 is 0 Å². The zero-order valence-corrected chi connectivity index (χ0v) is 19.7. The lowest BCUT2D eigenvalue weighted by atomic mass is 9.87. The van der Waals surface area contributed by atoms with E-state index in [-0.39, 0.29) is 23.7 Å². The summed E-state index contributed by atoms with van der Waals surface area (Å²) in [5.74, 6) is 0.646. The van der Waals surface area contributed by atoms with Gasteiger partial charge in [0.05, 0.1) is 30.7 Å². The molecule has 8 heteroatoms. The molecule has 0 N–H and O–H groups in total. The van der Waals surface area contributed by atoms with Crippen LogP contribution in [0, 0.1) is 5.92 Å². The number of carbonyl (C=O) groups excluding carboxylic acids is 2. The second-order valence-electron chi connectivity index (χ2n) is 8.19. The Morgan fingerprint density at radius 1 is 0.938 bits per heavy atom. The maximum absolute atomic E-state index is 13.4. The first kappa shape index (κ1) is 22.7. The van der Waals surface area contributed by atoms with Crippen molar-refractivity contribution in [2.45, 2.75) is 18.8 Å². The topological polar surface area (TPSA) is 59.1 Å². The zero-order chi connectivity index (χ0) is 22.8. The second-order valence-corrected chi connectivity index (χ2v) is 9.03. The molecule has 2 saturated heterocycles. The van der Waals surface area contributed by atoms with Crippen LogP contribution in [0.25, 0.3) is 0 Å². The predicted molar refractivity (Wildman–Crippen MR) is 124 cm³/mol. The summed E-state index contributed by atoms with van der Waals surface area (Å²) in [5.41, 5.74) is 1.27. The smallest absolute Gasteiger partial charge is 0.255 e. The molecule has 2 atom stereocenters. The maximum atomic E-state index is 13.4. The summed E-state index contributed by atoms with van der Waals surface area (Å²) in [6, 6.07) is 10.4. The Labute approximate surface area is 198 Å². The third-order valence-electron chi connectivity index (χ3n) is 6.34. The van der Waals surface area contributed by atoms with Crippen LogP contribution in [0.3, 0.4) is 0 Å². The second kappa shape index (κ2) is 9.59. The molecule has 0 radical (unpaired) electrons. The number of benzene rings is 2. The van der Waals surface area contributed by atoms with E-state index in [1.165, 1.54) is 0 Å². The molecule has 2 aromatic carbocycles. The Bertz CT molecular complexity index is 1020. The van der Waals surface area contributed by atoms with Crippen molar-refractivity contribution in [2.24, 2.45) is 5.92 Å². The fraction of sp³-hybridized carbons (Fsp3) is 0.417. The van der Waals surface area contributed by atoms with Crippen LogP contribution >= 0.6 is 23.2 Å². The van der Waals surface area contributed by atoms with Crippen LogP contribution in [0.2, 0.25) is 10.0 Å². The highest BCUT2D eigenvalue weighted by Crippen LogP contribution is 2.41. The molecule has 2 amide bonds. The normalized spacial score (nSPS) is 20.5. The Kier molecular flexibility index (Phi) is 6.82. The van der Waals surface area contributed by atoms with Crippen molar-refractivity contribution in [1.29, 1.82) is 0 Å². The van der Waals surface area contributed by atoms with Crippen LogP contribution in [0.1, 0.15) is 34.7 Å². The van der Waals surface area contributed by atoms with Crippen molar-refractivity contribution in [3.05, 3.63) is 57.6 Å². The molecule has 0 spiro atoms. The molecule has 2 fully saturated rings. The molecule has 0 bridgehead atoms. The number of rotatable bonds is 5. The Morgan fingerprint density at radius 2 is 1.69 bits per heavy atom. The Hall–Kier alpha value is -2.44. The van der Waals surface area contributed by atoms with Gasteiger partial charge in [0.25, 0.3) is 5.91 Å². The first-order valence-electron chi connectivity index (χ1n) is 10.7.